The number of ether oxygens (including phenoxy) is 1. The molecule has 0 amide bonds. The van der Waals surface area contributed by atoms with E-state index in [2.05, 4.69) is 4.74 Å². The van der Waals surface area contributed by atoms with Crippen LogP contribution in [0.2, 0.25) is 0 Å². The Balaban J connectivity index is 2.44. The zero-order valence-corrected chi connectivity index (χ0v) is 7.29. The lowest BCUT2D eigenvalue weighted by Gasteiger charge is -1.98. The first kappa shape index (κ1) is 8.97. The van der Waals surface area contributed by atoms with E-state index >= 15 is 0 Å². The Hall–Kier alpha value is -1.12. The van der Waals surface area contributed by atoms with Crippen LogP contribution in [0.3, 0.4) is 0 Å². The average Bonchev–Trinajstić information content (AvgIpc) is 2.70. The van der Waals surface area contributed by atoms with Crippen molar-refractivity contribution in [1.29, 1.82) is 0 Å². The van der Waals surface area contributed by atoms with Crippen LogP contribution in [-0.4, -0.2) is 11.9 Å². The zero-order valence-electron chi connectivity index (χ0n) is 7.29. The molecule has 0 radical (unpaired) electrons. The van der Waals surface area contributed by atoms with Crippen molar-refractivity contribution in [2.45, 2.75) is 26.7 Å². The number of hydrogen-bond donors (Lipinski definition) is 0. The van der Waals surface area contributed by atoms with Gasteiger partial charge in [0.25, 0.3) is 0 Å². The Labute approximate surface area is 71.4 Å². The van der Waals surface area contributed by atoms with Crippen LogP contribution < -0.4 is 0 Å². The van der Waals surface area contributed by atoms with Gasteiger partial charge in [0.2, 0.25) is 0 Å². The molecule has 0 aromatic rings. The molecule has 0 aromatic carbocycles. The molecule has 0 aliphatic heterocycles. The van der Waals surface area contributed by atoms with Crippen LogP contribution in [-0.2, 0) is 14.3 Å². The summed E-state index contributed by atoms with van der Waals surface area (Å²) in [7, 11) is 0. The lowest BCUT2D eigenvalue weighted by atomic mass is 10.2. The van der Waals surface area contributed by atoms with Gasteiger partial charge in [-0.3, -0.25) is 4.79 Å². The molecule has 1 fully saturated rings. The summed E-state index contributed by atoms with van der Waals surface area (Å²) < 4.78 is 4.39. The predicted molar refractivity (Wildman–Crippen MR) is 43.3 cm³/mol. The number of hydrogen-bond acceptors (Lipinski definition) is 3. The van der Waals surface area contributed by atoms with Crippen molar-refractivity contribution in [3.05, 3.63) is 11.6 Å². The molecule has 0 N–H and O–H groups in total. The molecular weight excluding hydrogens is 156 g/mol. The van der Waals surface area contributed by atoms with Gasteiger partial charge in [0.1, 0.15) is 0 Å². The molecule has 0 saturated heterocycles. The predicted octanol–water partition coefficient (Wildman–Crippen LogP) is 1.43. The molecule has 0 unspecified atom stereocenters. The van der Waals surface area contributed by atoms with Crippen LogP contribution in [0.5, 0.6) is 0 Å². The topological polar surface area (TPSA) is 43.4 Å². The summed E-state index contributed by atoms with van der Waals surface area (Å²) in [5.41, 5.74) is 0.535. The second-order valence-electron chi connectivity index (χ2n) is 3.07. The van der Waals surface area contributed by atoms with Crippen molar-refractivity contribution >= 4 is 11.9 Å². The summed E-state index contributed by atoms with van der Waals surface area (Å²) in [6.45, 7) is 2.89. The van der Waals surface area contributed by atoms with Gasteiger partial charge in [-0.05, 0) is 25.7 Å². The number of rotatable bonds is 2. The Morgan fingerprint density at radius 3 is 2.33 bits per heavy atom. The molecule has 0 heterocycles. The van der Waals surface area contributed by atoms with Crippen molar-refractivity contribution in [2.24, 2.45) is 5.92 Å². The van der Waals surface area contributed by atoms with Gasteiger partial charge in [-0.15, -0.1) is 0 Å². The van der Waals surface area contributed by atoms with E-state index in [1.807, 2.05) is 6.08 Å². The fourth-order valence-electron chi connectivity index (χ4n) is 0.896. The standard InChI is InChI=1S/C9H12O3/c1-6(5-8-3-4-8)9(11)12-7(2)10/h5,8H,3-4H2,1-2H3. The first-order valence-electron chi connectivity index (χ1n) is 4.01. The first-order chi connectivity index (χ1) is 5.59. The molecule has 0 bridgehead atoms. The number of allylic oxidation sites excluding steroid dienone is 1. The van der Waals surface area contributed by atoms with Crippen molar-refractivity contribution in [3.63, 3.8) is 0 Å². The number of carbonyl (C=O) groups excluding carboxylic acids is 2. The quantitative estimate of drug-likeness (QED) is 0.356. The van der Waals surface area contributed by atoms with E-state index in [1.54, 1.807) is 6.92 Å². The minimum Gasteiger partial charge on any atom is -0.390 e. The van der Waals surface area contributed by atoms with E-state index < -0.39 is 11.9 Å². The molecule has 12 heavy (non-hydrogen) atoms. The molecule has 1 saturated carbocycles. The third-order valence-electron chi connectivity index (χ3n) is 1.67. The van der Waals surface area contributed by atoms with Gasteiger partial charge >= 0.3 is 11.9 Å². The van der Waals surface area contributed by atoms with Gasteiger partial charge in [-0.25, -0.2) is 4.79 Å². The summed E-state index contributed by atoms with van der Waals surface area (Å²) in [6, 6.07) is 0. The highest BCUT2D eigenvalue weighted by Gasteiger charge is 2.20. The normalized spacial score (nSPS) is 17.3. The molecular formula is C9H12O3. The van der Waals surface area contributed by atoms with Gasteiger partial charge in [-0.2, -0.15) is 0 Å². The molecule has 3 heteroatoms. The van der Waals surface area contributed by atoms with Gasteiger partial charge in [0.15, 0.2) is 0 Å². The maximum absolute atomic E-state index is 11.0. The lowest BCUT2D eigenvalue weighted by Crippen LogP contribution is -2.09. The third-order valence-corrected chi connectivity index (χ3v) is 1.67. The van der Waals surface area contributed by atoms with Crippen molar-refractivity contribution in [1.82, 2.24) is 0 Å². The minimum absolute atomic E-state index is 0.519. The van der Waals surface area contributed by atoms with Crippen molar-refractivity contribution in [2.75, 3.05) is 0 Å². The fourth-order valence-corrected chi connectivity index (χ4v) is 0.896. The van der Waals surface area contributed by atoms with Crippen molar-refractivity contribution in [3.8, 4) is 0 Å². The lowest BCUT2D eigenvalue weighted by molar-refractivity contribution is -0.155. The smallest absolute Gasteiger partial charge is 0.341 e. The van der Waals surface area contributed by atoms with E-state index in [1.165, 1.54) is 6.92 Å². The summed E-state index contributed by atoms with van der Waals surface area (Å²) >= 11 is 0. The Morgan fingerprint density at radius 2 is 1.92 bits per heavy atom. The molecule has 0 spiro atoms. The maximum atomic E-state index is 11.0. The first-order valence-corrected chi connectivity index (χ1v) is 4.01. The molecule has 1 aliphatic carbocycles. The van der Waals surface area contributed by atoms with Gasteiger partial charge in [-0.1, -0.05) is 6.08 Å². The average molecular weight is 168 g/mol. The van der Waals surface area contributed by atoms with Crippen LogP contribution in [0.4, 0.5) is 0 Å². The maximum Gasteiger partial charge on any atom is 0.341 e. The van der Waals surface area contributed by atoms with Crippen molar-refractivity contribution < 1.29 is 14.3 Å². The second-order valence-corrected chi connectivity index (χ2v) is 3.07. The highest BCUT2D eigenvalue weighted by atomic mass is 16.6. The van der Waals surface area contributed by atoms with E-state index in [0.717, 1.165) is 12.8 Å². The van der Waals surface area contributed by atoms with Gasteiger partial charge in [0.05, 0.1) is 0 Å². The molecule has 0 atom stereocenters. The summed E-state index contributed by atoms with van der Waals surface area (Å²) in [4.78, 5) is 21.4. The molecule has 1 rings (SSSR count). The Morgan fingerprint density at radius 1 is 1.33 bits per heavy atom. The van der Waals surface area contributed by atoms with Crippen LogP contribution in [0.1, 0.15) is 26.7 Å². The fraction of sp³-hybridized carbons (Fsp3) is 0.556. The molecule has 3 nitrogen and oxygen atoms in total. The van der Waals surface area contributed by atoms with Gasteiger partial charge < -0.3 is 4.74 Å². The highest BCUT2D eigenvalue weighted by molar-refractivity contribution is 5.95. The Bertz CT molecular complexity index is 236. The van der Waals surface area contributed by atoms with Gasteiger partial charge in [0, 0.05) is 12.5 Å². The number of carbonyl (C=O) groups is 2. The minimum atomic E-state index is -0.552. The third kappa shape index (κ3) is 2.86. The van der Waals surface area contributed by atoms with Crippen LogP contribution >= 0.6 is 0 Å². The van der Waals surface area contributed by atoms with E-state index in [9.17, 15) is 9.59 Å². The van der Waals surface area contributed by atoms with Crippen LogP contribution in [0, 0.1) is 5.92 Å². The summed E-state index contributed by atoms with van der Waals surface area (Å²) in [5, 5.41) is 0. The van der Waals surface area contributed by atoms with E-state index in [0.29, 0.717) is 11.5 Å². The SMILES string of the molecule is CC(=O)OC(=O)C(C)=CC1CC1. The highest BCUT2D eigenvalue weighted by Crippen LogP contribution is 2.31. The molecule has 66 valence electrons. The zero-order chi connectivity index (χ0) is 9.14. The summed E-state index contributed by atoms with van der Waals surface area (Å²) in [6.07, 6.45) is 4.15. The summed E-state index contributed by atoms with van der Waals surface area (Å²) in [5.74, 6) is -0.539. The monoisotopic (exact) mass is 168 g/mol. The molecule has 1 aliphatic rings. The van der Waals surface area contributed by atoms with Crippen LogP contribution in [0.15, 0.2) is 11.6 Å². The van der Waals surface area contributed by atoms with E-state index in [4.69, 9.17) is 0 Å². The largest absolute Gasteiger partial charge is 0.390 e. The second kappa shape index (κ2) is 3.52. The van der Waals surface area contributed by atoms with Crippen LogP contribution in [0.25, 0.3) is 0 Å². The van der Waals surface area contributed by atoms with E-state index in [-0.39, 0.29) is 0 Å². The molecule has 0 aromatic heterocycles. The Kier molecular flexibility index (Phi) is 2.63. The number of esters is 2.